The maximum atomic E-state index is 10.8. The van der Waals surface area contributed by atoms with E-state index in [0.29, 0.717) is 13.0 Å². The molecule has 0 atom stereocenters. The topological polar surface area (TPSA) is 46.6 Å². The number of hydrogen-bond donors (Lipinski definition) is 0. The zero-order chi connectivity index (χ0) is 7.56. The van der Waals surface area contributed by atoms with Crippen LogP contribution in [0.5, 0.6) is 0 Å². The molecule has 4 nitrogen and oxygen atoms in total. The Bertz CT molecular complexity index is 171. The summed E-state index contributed by atoms with van der Waals surface area (Å²) < 4.78 is 0. The van der Waals surface area contributed by atoms with Gasteiger partial charge in [-0.05, 0) is 6.42 Å². The van der Waals surface area contributed by atoms with Crippen molar-refractivity contribution in [2.75, 3.05) is 6.54 Å². The molecule has 1 heterocycles. The zero-order valence-corrected chi connectivity index (χ0v) is 5.79. The minimum absolute atomic E-state index is 0. The summed E-state index contributed by atoms with van der Waals surface area (Å²) in [7, 11) is 0. The molecule has 58 valence electrons. The van der Waals surface area contributed by atoms with Crippen LogP contribution in [-0.2, 0) is 14.4 Å². The van der Waals surface area contributed by atoms with Crippen molar-refractivity contribution in [2.24, 2.45) is 0 Å². The van der Waals surface area contributed by atoms with E-state index in [9.17, 15) is 9.59 Å². The third kappa shape index (κ3) is 3.22. The summed E-state index contributed by atoms with van der Waals surface area (Å²) in [5, 5.41) is 1.11. The van der Waals surface area contributed by atoms with Gasteiger partial charge in [-0.1, -0.05) is 0 Å². The second-order valence-electron chi connectivity index (χ2n) is 2.18. The number of rotatable bonds is 1. The van der Waals surface area contributed by atoms with Gasteiger partial charge in [0, 0.05) is 13.3 Å². The maximum absolute atomic E-state index is 10.8. The molecule has 1 aliphatic rings. The Morgan fingerprint density at radius 2 is 2.27 bits per heavy atom. The van der Waals surface area contributed by atoms with E-state index in [0.717, 1.165) is 11.5 Å². The first-order valence-corrected chi connectivity index (χ1v) is 3.19. The molecule has 1 aliphatic heterocycles. The van der Waals surface area contributed by atoms with Gasteiger partial charge in [-0.3, -0.25) is 9.59 Å². The van der Waals surface area contributed by atoms with Crippen LogP contribution in [0.15, 0.2) is 0 Å². The molecule has 0 spiro atoms. The molecule has 1 rings (SSSR count). The summed E-state index contributed by atoms with van der Waals surface area (Å²) in [4.78, 5) is 25.7. The number of carbonyl (C=O) groups excluding carboxylic acids is 2. The SMILES string of the molecule is CC(=O)ON1CCCC1=O.[NaH]. The average molecular weight is 167 g/mol. The first kappa shape index (κ1) is 10.9. The van der Waals surface area contributed by atoms with Gasteiger partial charge >= 0.3 is 35.5 Å². The fraction of sp³-hybridized carbons (Fsp3) is 0.667. The molecule has 0 aromatic carbocycles. The average Bonchev–Trinajstić information content (AvgIpc) is 2.15. The molecule has 0 aromatic rings. The first-order valence-electron chi connectivity index (χ1n) is 3.19. The monoisotopic (exact) mass is 167 g/mol. The number of hydrogen-bond acceptors (Lipinski definition) is 3. The quantitative estimate of drug-likeness (QED) is 0.492. The summed E-state index contributed by atoms with van der Waals surface area (Å²) in [5.74, 6) is -0.537. The molecular weight excluding hydrogens is 157 g/mol. The molecule has 0 aromatic heterocycles. The number of nitrogens with zero attached hydrogens (tertiary/aromatic N) is 1. The van der Waals surface area contributed by atoms with Crippen LogP contribution in [-0.4, -0.2) is 53.0 Å². The van der Waals surface area contributed by atoms with Crippen molar-refractivity contribution in [3.8, 4) is 0 Å². The molecule has 0 aliphatic carbocycles. The molecule has 1 amide bonds. The molecule has 0 radical (unpaired) electrons. The Hall–Kier alpha value is -0.0600. The van der Waals surface area contributed by atoms with Crippen molar-refractivity contribution in [1.82, 2.24) is 5.06 Å². The van der Waals surface area contributed by atoms with Crippen molar-refractivity contribution in [3.05, 3.63) is 0 Å². The van der Waals surface area contributed by atoms with E-state index in [2.05, 4.69) is 4.84 Å². The number of carbonyl (C=O) groups is 2. The van der Waals surface area contributed by atoms with Crippen LogP contribution >= 0.6 is 0 Å². The zero-order valence-electron chi connectivity index (χ0n) is 5.79. The van der Waals surface area contributed by atoms with E-state index in [1.807, 2.05) is 0 Å². The van der Waals surface area contributed by atoms with Crippen LogP contribution in [0, 0.1) is 0 Å². The molecule has 0 bridgehead atoms. The van der Waals surface area contributed by atoms with Gasteiger partial charge in [0.2, 0.25) is 0 Å². The van der Waals surface area contributed by atoms with E-state index in [1.165, 1.54) is 6.92 Å². The van der Waals surface area contributed by atoms with Gasteiger partial charge in [0.1, 0.15) is 0 Å². The molecule has 1 saturated heterocycles. The van der Waals surface area contributed by atoms with Crippen LogP contribution < -0.4 is 0 Å². The Morgan fingerprint density at radius 1 is 1.64 bits per heavy atom. The van der Waals surface area contributed by atoms with Gasteiger partial charge in [-0.2, -0.15) is 5.06 Å². The van der Waals surface area contributed by atoms with E-state index >= 15 is 0 Å². The van der Waals surface area contributed by atoms with Crippen molar-refractivity contribution >= 4 is 41.4 Å². The van der Waals surface area contributed by atoms with Crippen LogP contribution in [0.2, 0.25) is 0 Å². The predicted molar refractivity (Wildman–Crippen MR) is 39.9 cm³/mol. The van der Waals surface area contributed by atoms with E-state index in [1.54, 1.807) is 0 Å². The third-order valence-corrected chi connectivity index (χ3v) is 1.27. The Balaban J connectivity index is 0.000001000. The summed E-state index contributed by atoms with van der Waals surface area (Å²) in [6.45, 7) is 1.82. The van der Waals surface area contributed by atoms with E-state index in [4.69, 9.17) is 0 Å². The van der Waals surface area contributed by atoms with Gasteiger partial charge in [-0.15, -0.1) is 0 Å². The predicted octanol–water partition coefficient (Wildman–Crippen LogP) is -0.562. The minimum atomic E-state index is -0.435. The molecular formula is C6H10NNaO3. The van der Waals surface area contributed by atoms with E-state index in [-0.39, 0.29) is 35.5 Å². The van der Waals surface area contributed by atoms with Crippen LogP contribution in [0.3, 0.4) is 0 Å². The Kier molecular flexibility index (Phi) is 4.72. The number of amides is 1. The van der Waals surface area contributed by atoms with Crippen LogP contribution in [0.25, 0.3) is 0 Å². The molecule has 1 fully saturated rings. The molecule has 0 unspecified atom stereocenters. The third-order valence-electron chi connectivity index (χ3n) is 1.27. The Labute approximate surface area is 87.1 Å². The molecule has 0 saturated carbocycles. The van der Waals surface area contributed by atoms with Crippen molar-refractivity contribution in [3.63, 3.8) is 0 Å². The van der Waals surface area contributed by atoms with Gasteiger partial charge < -0.3 is 4.84 Å². The van der Waals surface area contributed by atoms with Gasteiger partial charge in [0.25, 0.3) is 5.91 Å². The van der Waals surface area contributed by atoms with Crippen LogP contribution in [0.4, 0.5) is 0 Å². The second-order valence-corrected chi connectivity index (χ2v) is 2.18. The standard InChI is InChI=1S/C6H9NO3.Na.H/c1-5(8)10-7-4-2-3-6(7)9;;/h2-4H2,1H3;;. The molecule has 0 N–H and O–H groups in total. The van der Waals surface area contributed by atoms with Gasteiger partial charge in [-0.25, -0.2) is 0 Å². The summed E-state index contributed by atoms with van der Waals surface area (Å²) in [6.07, 6.45) is 1.28. The fourth-order valence-electron chi connectivity index (χ4n) is 0.875. The normalized spacial score (nSPS) is 16.1. The summed E-state index contributed by atoms with van der Waals surface area (Å²) in [5.41, 5.74) is 0. The second kappa shape index (κ2) is 4.74. The summed E-state index contributed by atoms with van der Waals surface area (Å²) >= 11 is 0. The van der Waals surface area contributed by atoms with Gasteiger partial charge in [0.15, 0.2) is 0 Å². The summed E-state index contributed by atoms with van der Waals surface area (Å²) in [6, 6.07) is 0. The number of hydroxylamine groups is 2. The van der Waals surface area contributed by atoms with Crippen LogP contribution in [0.1, 0.15) is 19.8 Å². The fourth-order valence-corrected chi connectivity index (χ4v) is 0.875. The van der Waals surface area contributed by atoms with Gasteiger partial charge in [0.05, 0.1) is 6.54 Å². The first-order chi connectivity index (χ1) is 4.70. The van der Waals surface area contributed by atoms with Crippen molar-refractivity contribution in [2.45, 2.75) is 19.8 Å². The van der Waals surface area contributed by atoms with Crippen molar-refractivity contribution in [1.29, 1.82) is 0 Å². The molecule has 5 heteroatoms. The van der Waals surface area contributed by atoms with E-state index < -0.39 is 5.97 Å². The Morgan fingerprint density at radius 3 is 2.64 bits per heavy atom. The molecule has 11 heavy (non-hydrogen) atoms. The van der Waals surface area contributed by atoms with Crippen molar-refractivity contribution < 1.29 is 14.4 Å².